The van der Waals surface area contributed by atoms with Gasteiger partial charge in [0.15, 0.2) is 12.3 Å². The van der Waals surface area contributed by atoms with E-state index in [1.54, 1.807) is 10.3 Å². The van der Waals surface area contributed by atoms with Crippen molar-refractivity contribution in [3.05, 3.63) is 81.0 Å². The van der Waals surface area contributed by atoms with E-state index in [-0.39, 0.29) is 30.2 Å². The molecule has 4 rings (SSSR count). The number of anilines is 1. The number of aryl methyl sites for hydroxylation is 1. The van der Waals surface area contributed by atoms with Gasteiger partial charge < -0.3 is 30.7 Å². The van der Waals surface area contributed by atoms with Crippen LogP contribution in [-0.2, 0) is 22.7 Å². The van der Waals surface area contributed by atoms with Crippen LogP contribution in [0.4, 0.5) is 18.2 Å². The zero-order valence-electron chi connectivity index (χ0n) is 22.4. The van der Waals surface area contributed by atoms with Gasteiger partial charge in [-0.1, -0.05) is 29.5 Å². The second-order valence-corrected chi connectivity index (χ2v) is 10.9. The van der Waals surface area contributed by atoms with Crippen LogP contribution >= 0.6 is 23.1 Å². The van der Waals surface area contributed by atoms with Crippen LogP contribution in [-0.4, -0.2) is 41.6 Å². The lowest BCUT2D eigenvalue weighted by Gasteiger charge is -2.18. The number of amides is 3. The topological polar surface area (TPSA) is 136 Å². The van der Waals surface area contributed by atoms with Crippen molar-refractivity contribution in [2.75, 3.05) is 17.4 Å². The number of ether oxygens (including phenoxy) is 2. The summed E-state index contributed by atoms with van der Waals surface area (Å²) in [4.78, 5) is 43.7. The molecule has 3 amide bonds. The summed E-state index contributed by atoms with van der Waals surface area (Å²) in [5.41, 5.74) is 8.94. The van der Waals surface area contributed by atoms with Crippen molar-refractivity contribution in [1.29, 1.82) is 0 Å². The summed E-state index contributed by atoms with van der Waals surface area (Å²) in [6.45, 7) is 3.76. The Morgan fingerprint density at radius 3 is 2.45 bits per heavy atom. The minimum absolute atomic E-state index is 0.0426. The van der Waals surface area contributed by atoms with E-state index in [2.05, 4.69) is 20.4 Å². The van der Waals surface area contributed by atoms with E-state index in [9.17, 15) is 27.6 Å². The monoisotopic (exact) mass is 621 g/mol. The van der Waals surface area contributed by atoms with Gasteiger partial charge in [0.2, 0.25) is 0 Å². The third kappa shape index (κ3) is 7.94. The van der Waals surface area contributed by atoms with E-state index in [0.717, 1.165) is 40.2 Å². The Hall–Kier alpha value is -4.24. The summed E-state index contributed by atoms with van der Waals surface area (Å²) in [7, 11) is 0. The fraction of sp³-hybridized carbons (Fsp3) is 0.259. The number of carbonyl (C=O) groups is 3. The van der Waals surface area contributed by atoms with Gasteiger partial charge in [0.05, 0.1) is 12.4 Å². The summed E-state index contributed by atoms with van der Waals surface area (Å²) in [6.07, 6.45) is -4.82. The van der Waals surface area contributed by atoms with E-state index in [4.69, 9.17) is 10.5 Å². The van der Waals surface area contributed by atoms with Crippen LogP contribution in [0.25, 0.3) is 0 Å². The van der Waals surface area contributed by atoms with Crippen LogP contribution in [0.15, 0.2) is 53.6 Å². The molecule has 0 saturated carbocycles. The quantitative estimate of drug-likeness (QED) is 0.291. The maximum atomic E-state index is 13.3. The van der Waals surface area contributed by atoms with Crippen molar-refractivity contribution < 1.29 is 37.0 Å². The number of nitrogens with two attached hydrogens (primary N) is 1. The number of primary amides is 1. The SMILES string of the molecule is Cc1cccc(CNC(=O)c2nc(CNC(=O)COc3ccc(OC(F)(F)F)cc3)sc2N2CSC=C2C(N)=O)c1C. The third-order valence-electron chi connectivity index (χ3n) is 6.08. The molecule has 10 nitrogen and oxygen atoms in total. The zero-order chi connectivity index (χ0) is 30.4. The van der Waals surface area contributed by atoms with E-state index >= 15 is 0 Å². The Bertz CT molecular complexity index is 1510. The average Bonchev–Trinajstić information content (AvgIpc) is 3.59. The molecule has 42 heavy (non-hydrogen) atoms. The van der Waals surface area contributed by atoms with Crippen LogP contribution in [0.5, 0.6) is 11.5 Å². The van der Waals surface area contributed by atoms with Gasteiger partial charge in [-0.05, 0) is 54.8 Å². The Morgan fingerprint density at radius 2 is 1.76 bits per heavy atom. The third-order valence-corrected chi connectivity index (χ3v) is 7.95. The first-order valence-electron chi connectivity index (χ1n) is 12.4. The minimum atomic E-state index is -4.82. The van der Waals surface area contributed by atoms with Gasteiger partial charge in [-0.2, -0.15) is 0 Å². The molecule has 3 aromatic rings. The van der Waals surface area contributed by atoms with Gasteiger partial charge in [0, 0.05) is 12.0 Å². The number of halogens is 3. The number of nitrogens with zero attached hydrogens (tertiary/aromatic N) is 2. The molecule has 2 heterocycles. The Morgan fingerprint density at radius 1 is 1.05 bits per heavy atom. The Balaban J connectivity index is 1.41. The molecule has 0 atom stereocenters. The van der Waals surface area contributed by atoms with Crippen LogP contribution in [0.1, 0.15) is 32.2 Å². The fourth-order valence-corrected chi connectivity index (χ4v) is 5.81. The van der Waals surface area contributed by atoms with E-state index in [0.29, 0.717) is 15.9 Å². The molecule has 0 radical (unpaired) electrons. The van der Waals surface area contributed by atoms with Gasteiger partial charge in [-0.25, -0.2) is 4.98 Å². The molecule has 2 aromatic carbocycles. The second kappa shape index (κ2) is 13.2. The summed E-state index contributed by atoms with van der Waals surface area (Å²) >= 11 is 2.47. The second-order valence-electron chi connectivity index (χ2n) is 8.98. The Labute approximate surface area is 247 Å². The average molecular weight is 622 g/mol. The molecular weight excluding hydrogens is 595 g/mol. The molecule has 15 heteroatoms. The molecule has 222 valence electrons. The molecule has 0 fully saturated rings. The van der Waals surface area contributed by atoms with E-state index in [1.807, 2.05) is 32.0 Å². The predicted molar refractivity (Wildman–Crippen MR) is 152 cm³/mol. The number of hydrogen-bond donors (Lipinski definition) is 3. The Kier molecular flexibility index (Phi) is 9.63. The predicted octanol–water partition coefficient (Wildman–Crippen LogP) is 4.12. The molecule has 0 saturated heterocycles. The van der Waals surface area contributed by atoms with Crippen molar-refractivity contribution in [3.8, 4) is 11.5 Å². The highest BCUT2D eigenvalue weighted by atomic mass is 32.2. The summed E-state index contributed by atoms with van der Waals surface area (Å²) in [5, 5.41) is 7.93. The summed E-state index contributed by atoms with van der Waals surface area (Å²) in [6, 6.07) is 10.4. The van der Waals surface area contributed by atoms with Crippen molar-refractivity contribution in [2.24, 2.45) is 5.73 Å². The highest BCUT2D eigenvalue weighted by molar-refractivity contribution is 8.02. The zero-order valence-corrected chi connectivity index (χ0v) is 24.0. The minimum Gasteiger partial charge on any atom is -0.484 e. The van der Waals surface area contributed by atoms with Gasteiger partial charge >= 0.3 is 6.36 Å². The molecule has 1 aromatic heterocycles. The number of nitrogens with one attached hydrogen (secondary N) is 2. The van der Waals surface area contributed by atoms with Gasteiger partial charge in [-0.3, -0.25) is 14.4 Å². The van der Waals surface area contributed by atoms with Crippen LogP contribution in [0, 0.1) is 13.8 Å². The highest BCUT2D eigenvalue weighted by Gasteiger charge is 2.31. The van der Waals surface area contributed by atoms with Crippen molar-refractivity contribution in [1.82, 2.24) is 15.6 Å². The summed E-state index contributed by atoms with van der Waals surface area (Å²) in [5.74, 6) is -1.54. The highest BCUT2D eigenvalue weighted by Crippen LogP contribution is 2.36. The first-order valence-corrected chi connectivity index (χ1v) is 14.2. The van der Waals surface area contributed by atoms with E-state index < -0.39 is 36.4 Å². The van der Waals surface area contributed by atoms with Gasteiger partial charge in [0.25, 0.3) is 17.7 Å². The standard InChI is InChI=1S/C27H26F3N5O5S2/c1-15-4-3-5-17(16(15)2)10-33-25(38)23-26(35-14-41-13-20(35)24(31)37)42-22(34-23)11-32-21(36)12-39-18-6-8-19(9-7-18)40-27(28,29)30/h3-9,13H,10-12,14H2,1-2H3,(H2,31,37)(H,32,36)(H,33,38). The van der Waals surface area contributed by atoms with Gasteiger partial charge in [0.1, 0.15) is 27.2 Å². The van der Waals surface area contributed by atoms with Gasteiger partial charge in [-0.15, -0.1) is 24.9 Å². The number of rotatable bonds is 11. The number of thioether (sulfide) groups is 1. The lowest BCUT2D eigenvalue weighted by Crippen LogP contribution is -2.30. The molecule has 1 aliphatic rings. The molecule has 0 bridgehead atoms. The normalized spacial score (nSPS) is 13.0. The molecule has 0 spiro atoms. The summed E-state index contributed by atoms with van der Waals surface area (Å²) < 4.78 is 46.1. The smallest absolute Gasteiger partial charge is 0.484 e. The fourth-order valence-electron chi connectivity index (χ4n) is 3.82. The van der Waals surface area contributed by atoms with Crippen molar-refractivity contribution >= 4 is 45.8 Å². The number of hydrogen-bond acceptors (Lipinski definition) is 9. The maximum absolute atomic E-state index is 13.3. The number of benzene rings is 2. The van der Waals surface area contributed by atoms with Crippen LogP contribution < -0.4 is 30.7 Å². The van der Waals surface area contributed by atoms with Crippen molar-refractivity contribution in [3.63, 3.8) is 0 Å². The molecule has 0 unspecified atom stereocenters. The maximum Gasteiger partial charge on any atom is 0.573 e. The number of aromatic nitrogens is 1. The largest absolute Gasteiger partial charge is 0.573 e. The number of thiazole rings is 1. The van der Waals surface area contributed by atoms with Crippen molar-refractivity contribution in [2.45, 2.75) is 33.3 Å². The number of alkyl halides is 3. The molecule has 1 aliphatic heterocycles. The molecule has 0 aliphatic carbocycles. The van der Waals surface area contributed by atoms with Crippen LogP contribution in [0.3, 0.4) is 0 Å². The molecular formula is C27H26F3N5O5S2. The first kappa shape index (κ1) is 30.7. The van der Waals surface area contributed by atoms with E-state index in [1.165, 1.54) is 23.9 Å². The molecule has 4 N–H and O–H groups in total. The number of carbonyl (C=O) groups excluding carboxylic acids is 3. The first-order chi connectivity index (χ1) is 19.9. The lowest BCUT2D eigenvalue weighted by atomic mass is 10.0. The lowest BCUT2D eigenvalue weighted by molar-refractivity contribution is -0.274. The van der Waals surface area contributed by atoms with Crippen LogP contribution in [0.2, 0.25) is 0 Å².